The number of rotatable bonds is 4. The molecule has 0 radical (unpaired) electrons. The van der Waals surface area contributed by atoms with Crippen molar-refractivity contribution in [3.05, 3.63) is 76.2 Å². The van der Waals surface area contributed by atoms with Gasteiger partial charge in [0.2, 0.25) is 0 Å². The Morgan fingerprint density at radius 1 is 1.09 bits per heavy atom. The van der Waals surface area contributed by atoms with Gasteiger partial charge in [0, 0.05) is 5.56 Å². The molecule has 0 aromatic heterocycles. The van der Waals surface area contributed by atoms with Crippen molar-refractivity contribution in [2.24, 2.45) is 5.18 Å². The summed E-state index contributed by atoms with van der Waals surface area (Å²) in [4.78, 5) is 35.3. The maximum atomic E-state index is 12.3. The molecule has 0 fully saturated rings. The van der Waals surface area contributed by atoms with E-state index < -0.39 is 17.7 Å². The van der Waals surface area contributed by atoms with Crippen LogP contribution < -0.4 is 0 Å². The van der Waals surface area contributed by atoms with E-state index >= 15 is 0 Å². The first-order valence-electron chi connectivity index (χ1n) is 6.56. The Kier molecular flexibility index (Phi) is 3.42. The van der Waals surface area contributed by atoms with Crippen molar-refractivity contribution in [2.75, 3.05) is 0 Å². The summed E-state index contributed by atoms with van der Waals surface area (Å²) in [5, 5.41) is 2.76. The van der Waals surface area contributed by atoms with Gasteiger partial charge in [0.15, 0.2) is 0 Å². The highest BCUT2D eigenvalue weighted by molar-refractivity contribution is 6.00. The number of benzene rings is 2. The number of fused-ring (bicyclic) bond motifs is 1. The molecule has 0 amide bonds. The van der Waals surface area contributed by atoms with E-state index in [1.54, 1.807) is 36.4 Å². The lowest BCUT2D eigenvalue weighted by Crippen LogP contribution is -2.35. The lowest BCUT2D eigenvalue weighted by Gasteiger charge is -2.18. The quantitative estimate of drug-likeness (QED) is 0.639. The second-order valence-corrected chi connectivity index (χ2v) is 4.73. The average Bonchev–Trinajstić information content (AvgIpc) is 2.87. The Morgan fingerprint density at radius 3 is 2.50 bits per heavy atom. The Morgan fingerprint density at radius 2 is 1.77 bits per heavy atom. The molecule has 3 rings (SSSR count). The SMILES string of the molecule is O=NC1(C(=O)OCc2ccccc2)OC(=O)c2ccccc21. The van der Waals surface area contributed by atoms with E-state index in [9.17, 15) is 14.5 Å². The van der Waals surface area contributed by atoms with Crippen LogP contribution in [-0.4, -0.2) is 11.9 Å². The third-order valence-electron chi connectivity index (χ3n) is 3.37. The first kappa shape index (κ1) is 13.9. The number of esters is 2. The highest BCUT2D eigenvalue weighted by Gasteiger charge is 2.55. The minimum atomic E-state index is -2.26. The summed E-state index contributed by atoms with van der Waals surface area (Å²) in [5.41, 5.74) is -1.27. The largest absolute Gasteiger partial charge is 0.456 e. The van der Waals surface area contributed by atoms with Crippen molar-refractivity contribution in [3.63, 3.8) is 0 Å². The Labute approximate surface area is 125 Å². The predicted octanol–water partition coefficient (Wildman–Crippen LogP) is 2.52. The van der Waals surface area contributed by atoms with Gasteiger partial charge in [-0.1, -0.05) is 48.5 Å². The second-order valence-electron chi connectivity index (χ2n) is 4.73. The Hall–Kier alpha value is -3.02. The molecule has 0 saturated heterocycles. The molecule has 0 bridgehead atoms. The van der Waals surface area contributed by atoms with Crippen LogP contribution in [0.25, 0.3) is 0 Å². The molecule has 1 atom stereocenters. The fourth-order valence-corrected chi connectivity index (χ4v) is 2.28. The van der Waals surface area contributed by atoms with Crippen molar-refractivity contribution in [1.82, 2.24) is 0 Å². The maximum Gasteiger partial charge on any atom is 0.383 e. The zero-order valence-electron chi connectivity index (χ0n) is 11.4. The van der Waals surface area contributed by atoms with Gasteiger partial charge in [0.25, 0.3) is 0 Å². The van der Waals surface area contributed by atoms with E-state index in [0.29, 0.717) is 0 Å². The fourth-order valence-electron chi connectivity index (χ4n) is 2.28. The van der Waals surface area contributed by atoms with Crippen LogP contribution in [0.15, 0.2) is 59.8 Å². The molecule has 2 aromatic carbocycles. The molecule has 6 heteroatoms. The van der Waals surface area contributed by atoms with E-state index in [0.717, 1.165) is 5.56 Å². The van der Waals surface area contributed by atoms with Crippen LogP contribution in [0.2, 0.25) is 0 Å². The molecule has 1 aliphatic heterocycles. The summed E-state index contributed by atoms with van der Waals surface area (Å²) >= 11 is 0. The van der Waals surface area contributed by atoms with Gasteiger partial charge in [-0.3, -0.25) is 0 Å². The van der Waals surface area contributed by atoms with E-state index in [-0.39, 0.29) is 17.7 Å². The number of carbonyl (C=O) groups is 2. The molecule has 1 heterocycles. The van der Waals surface area contributed by atoms with Gasteiger partial charge in [-0.05, 0) is 16.8 Å². The minimum absolute atomic E-state index is 0.0450. The fraction of sp³-hybridized carbons (Fsp3) is 0.125. The van der Waals surface area contributed by atoms with Crippen molar-refractivity contribution in [1.29, 1.82) is 0 Å². The lowest BCUT2D eigenvalue weighted by atomic mass is 10.0. The minimum Gasteiger partial charge on any atom is -0.456 e. The molecule has 1 aliphatic rings. The number of nitroso groups, excluding NO2 is 1. The zero-order valence-corrected chi connectivity index (χ0v) is 11.4. The third-order valence-corrected chi connectivity index (χ3v) is 3.37. The van der Waals surface area contributed by atoms with Gasteiger partial charge in [-0.25, -0.2) is 9.59 Å². The van der Waals surface area contributed by atoms with E-state index in [4.69, 9.17) is 9.47 Å². The molecular formula is C16H11NO5. The number of hydrogen-bond donors (Lipinski definition) is 0. The monoisotopic (exact) mass is 297 g/mol. The molecule has 110 valence electrons. The molecule has 22 heavy (non-hydrogen) atoms. The number of ether oxygens (including phenoxy) is 2. The van der Waals surface area contributed by atoms with Crippen LogP contribution in [0, 0.1) is 4.91 Å². The van der Waals surface area contributed by atoms with Crippen LogP contribution in [-0.2, 0) is 26.6 Å². The van der Waals surface area contributed by atoms with Crippen LogP contribution in [0.5, 0.6) is 0 Å². The number of carbonyl (C=O) groups excluding carboxylic acids is 2. The highest BCUT2D eigenvalue weighted by Crippen LogP contribution is 2.38. The molecular weight excluding hydrogens is 286 g/mol. The molecule has 2 aromatic rings. The molecule has 6 nitrogen and oxygen atoms in total. The smallest absolute Gasteiger partial charge is 0.383 e. The van der Waals surface area contributed by atoms with Gasteiger partial charge in [-0.2, -0.15) is 0 Å². The van der Waals surface area contributed by atoms with Crippen LogP contribution in [0.4, 0.5) is 0 Å². The van der Waals surface area contributed by atoms with Gasteiger partial charge in [-0.15, -0.1) is 4.91 Å². The predicted molar refractivity (Wildman–Crippen MR) is 75.6 cm³/mol. The van der Waals surface area contributed by atoms with Crippen molar-refractivity contribution < 1.29 is 19.1 Å². The highest BCUT2D eigenvalue weighted by atomic mass is 16.6. The number of hydrogen-bond acceptors (Lipinski definition) is 6. The molecule has 0 N–H and O–H groups in total. The topological polar surface area (TPSA) is 82.0 Å². The first-order valence-corrected chi connectivity index (χ1v) is 6.56. The van der Waals surface area contributed by atoms with Crippen molar-refractivity contribution in [3.8, 4) is 0 Å². The molecule has 1 unspecified atom stereocenters. The van der Waals surface area contributed by atoms with E-state index in [1.807, 2.05) is 6.07 Å². The Bertz CT molecular complexity index is 743. The van der Waals surface area contributed by atoms with Crippen LogP contribution >= 0.6 is 0 Å². The summed E-state index contributed by atoms with van der Waals surface area (Å²) in [7, 11) is 0. The number of nitrogens with zero attached hydrogens (tertiary/aromatic N) is 1. The van der Waals surface area contributed by atoms with Gasteiger partial charge in [0.05, 0.1) is 5.56 Å². The van der Waals surface area contributed by atoms with E-state index in [1.165, 1.54) is 12.1 Å². The maximum absolute atomic E-state index is 12.3. The molecule has 0 saturated carbocycles. The summed E-state index contributed by atoms with van der Waals surface area (Å²) in [5.74, 6) is -1.78. The summed E-state index contributed by atoms with van der Waals surface area (Å²) < 4.78 is 10.0. The van der Waals surface area contributed by atoms with Crippen molar-refractivity contribution >= 4 is 11.9 Å². The van der Waals surface area contributed by atoms with Gasteiger partial charge < -0.3 is 9.47 Å². The van der Waals surface area contributed by atoms with Crippen LogP contribution in [0.3, 0.4) is 0 Å². The summed E-state index contributed by atoms with van der Waals surface area (Å²) in [6, 6.07) is 15.1. The Balaban J connectivity index is 1.87. The normalized spacial score (nSPS) is 19.2. The van der Waals surface area contributed by atoms with Crippen molar-refractivity contribution in [2.45, 2.75) is 12.3 Å². The van der Waals surface area contributed by atoms with Gasteiger partial charge in [0.1, 0.15) is 6.61 Å². The summed E-state index contributed by atoms with van der Waals surface area (Å²) in [6.45, 7) is -0.0450. The summed E-state index contributed by atoms with van der Waals surface area (Å²) in [6.07, 6.45) is 0. The van der Waals surface area contributed by atoms with E-state index in [2.05, 4.69) is 5.18 Å². The average molecular weight is 297 g/mol. The third kappa shape index (κ3) is 2.14. The first-order chi connectivity index (χ1) is 10.7. The standard InChI is InChI=1S/C16H11NO5/c18-14-12-8-4-5-9-13(12)16(17-20,22-14)15(19)21-10-11-6-2-1-3-7-11/h1-9H,10H2. The molecule has 0 spiro atoms. The second kappa shape index (κ2) is 5.40. The molecule has 0 aliphatic carbocycles. The zero-order chi connectivity index (χ0) is 15.6. The van der Waals surface area contributed by atoms with Gasteiger partial charge >= 0.3 is 17.7 Å². The van der Waals surface area contributed by atoms with Crippen LogP contribution in [0.1, 0.15) is 21.5 Å². The lowest BCUT2D eigenvalue weighted by molar-refractivity contribution is -0.166. The number of cyclic esters (lactones) is 1.